The number of aryl methyl sites for hydroxylation is 3. The third-order valence-electron chi connectivity index (χ3n) is 5.41. The molecule has 0 saturated carbocycles. The number of sulfonamides is 1. The zero-order valence-corrected chi connectivity index (χ0v) is 18.0. The van der Waals surface area contributed by atoms with Crippen LogP contribution in [-0.2, 0) is 14.8 Å². The van der Waals surface area contributed by atoms with E-state index in [-0.39, 0.29) is 22.7 Å². The van der Waals surface area contributed by atoms with Gasteiger partial charge in [-0.15, -0.1) is 0 Å². The Morgan fingerprint density at radius 3 is 2.31 bits per heavy atom. The zero-order chi connectivity index (χ0) is 21.3. The summed E-state index contributed by atoms with van der Waals surface area (Å²) in [7, 11) is -3.79. The summed E-state index contributed by atoms with van der Waals surface area (Å²) in [4.78, 5) is 13.2. The summed E-state index contributed by atoms with van der Waals surface area (Å²) in [5, 5.41) is 2.88. The van der Waals surface area contributed by atoms with E-state index in [2.05, 4.69) is 5.32 Å². The lowest BCUT2D eigenvalue weighted by Crippen LogP contribution is -2.46. The molecule has 2 unspecified atom stereocenters. The molecular formula is C22H27FN2O3S. The molecule has 2 atom stereocenters. The second kappa shape index (κ2) is 8.24. The number of hydrogen-bond donors (Lipinski definition) is 1. The largest absolute Gasteiger partial charge is 0.348 e. The monoisotopic (exact) mass is 418 g/mol. The normalized spacial score (nSPS) is 18.6. The molecule has 0 bridgehead atoms. The van der Waals surface area contributed by atoms with Gasteiger partial charge in [-0.1, -0.05) is 29.8 Å². The van der Waals surface area contributed by atoms with Crippen molar-refractivity contribution in [2.45, 2.75) is 57.5 Å². The van der Waals surface area contributed by atoms with Crippen molar-refractivity contribution in [1.29, 1.82) is 0 Å². The van der Waals surface area contributed by atoms with E-state index in [9.17, 15) is 17.6 Å². The van der Waals surface area contributed by atoms with Gasteiger partial charge in [-0.05, 0) is 69.4 Å². The van der Waals surface area contributed by atoms with Gasteiger partial charge in [0.25, 0.3) is 0 Å². The number of halogens is 1. The number of hydrogen-bond acceptors (Lipinski definition) is 3. The summed E-state index contributed by atoms with van der Waals surface area (Å²) >= 11 is 0. The van der Waals surface area contributed by atoms with Crippen molar-refractivity contribution in [3.63, 3.8) is 0 Å². The Balaban J connectivity index is 1.84. The summed E-state index contributed by atoms with van der Waals surface area (Å²) in [6, 6.07) is 8.51. The predicted molar refractivity (Wildman–Crippen MR) is 111 cm³/mol. The smallest absolute Gasteiger partial charge is 0.244 e. The molecule has 1 aliphatic heterocycles. The molecule has 1 fully saturated rings. The van der Waals surface area contributed by atoms with Gasteiger partial charge in [0.1, 0.15) is 11.9 Å². The van der Waals surface area contributed by atoms with Gasteiger partial charge in [-0.25, -0.2) is 12.8 Å². The number of rotatable bonds is 5. The van der Waals surface area contributed by atoms with Crippen molar-refractivity contribution in [1.82, 2.24) is 9.62 Å². The number of carbonyl (C=O) groups excluding carboxylic acids is 1. The van der Waals surface area contributed by atoms with E-state index < -0.39 is 16.1 Å². The molecule has 29 heavy (non-hydrogen) atoms. The van der Waals surface area contributed by atoms with Crippen molar-refractivity contribution in [3.05, 3.63) is 64.5 Å². The number of benzene rings is 2. The van der Waals surface area contributed by atoms with E-state index in [0.29, 0.717) is 30.5 Å². The topological polar surface area (TPSA) is 66.5 Å². The van der Waals surface area contributed by atoms with E-state index in [0.717, 1.165) is 11.1 Å². The minimum Gasteiger partial charge on any atom is -0.348 e. The molecular weight excluding hydrogens is 391 g/mol. The fourth-order valence-corrected chi connectivity index (χ4v) is 6.20. The maximum Gasteiger partial charge on any atom is 0.244 e. The van der Waals surface area contributed by atoms with Crippen LogP contribution in [0.2, 0.25) is 0 Å². The van der Waals surface area contributed by atoms with Gasteiger partial charge in [0.2, 0.25) is 15.9 Å². The first-order valence-electron chi connectivity index (χ1n) is 9.77. The molecule has 0 spiro atoms. The Kier molecular flexibility index (Phi) is 6.10. The first-order chi connectivity index (χ1) is 13.6. The fourth-order valence-electron chi connectivity index (χ4n) is 4.13. The average Bonchev–Trinajstić information content (AvgIpc) is 3.12. The molecule has 5 nitrogen and oxygen atoms in total. The SMILES string of the molecule is Cc1cc(C)c(S(=O)(=O)N2CCCC2C(=O)NC(C)c2ccc(F)cc2)c(C)c1. The van der Waals surface area contributed by atoms with Crippen molar-refractivity contribution >= 4 is 15.9 Å². The van der Waals surface area contributed by atoms with Crippen molar-refractivity contribution < 1.29 is 17.6 Å². The standard InChI is InChI=1S/C22H27FN2O3S/c1-14-12-15(2)21(16(3)13-14)29(27,28)25-11-5-6-20(25)22(26)24-17(4)18-7-9-19(23)10-8-18/h7-10,12-13,17,20H,5-6,11H2,1-4H3,(H,24,26). The summed E-state index contributed by atoms with van der Waals surface area (Å²) in [5.74, 6) is -0.672. The van der Waals surface area contributed by atoms with Crippen LogP contribution < -0.4 is 5.32 Å². The third kappa shape index (κ3) is 4.36. The Bertz CT molecular complexity index is 996. The lowest BCUT2D eigenvalue weighted by molar-refractivity contribution is -0.124. The number of amides is 1. The Morgan fingerprint density at radius 1 is 1.14 bits per heavy atom. The minimum absolute atomic E-state index is 0.286. The number of nitrogens with zero attached hydrogens (tertiary/aromatic N) is 1. The van der Waals surface area contributed by atoms with E-state index in [1.807, 2.05) is 19.1 Å². The van der Waals surface area contributed by atoms with Crippen LogP contribution in [0.25, 0.3) is 0 Å². The van der Waals surface area contributed by atoms with Crippen LogP contribution in [0.5, 0.6) is 0 Å². The van der Waals surface area contributed by atoms with Gasteiger partial charge in [-0.2, -0.15) is 4.31 Å². The molecule has 7 heteroatoms. The minimum atomic E-state index is -3.79. The Hall–Kier alpha value is -2.25. The highest BCUT2D eigenvalue weighted by atomic mass is 32.2. The lowest BCUT2D eigenvalue weighted by Gasteiger charge is -2.26. The molecule has 1 heterocycles. The summed E-state index contributed by atoms with van der Waals surface area (Å²) in [5.41, 5.74) is 3.14. The van der Waals surface area contributed by atoms with Gasteiger partial charge >= 0.3 is 0 Å². The summed E-state index contributed by atoms with van der Waals surface area (Å²) in [6.45, 7) is 7.62. The van der Waals surface area contributed by atoms with E-state index in [1.54, 1.807) is 32.9 Å². The van der Waals surface area contributed by atoms with Gasteiger partial charge in [0, 0.05) is 6.54 Å². The van der Waals surface area contributed by atoms with Gasteiger partial charge < -0.3 is 5.32 Å². The molecule has 1 saturated heterocycles. The van der Waals surface area contributed by atoms with E-state index in [1.165, 1.54) is 16.4 Å². The molecule has 3 rings (SSSR count). The maximum atomic E-state index is 13.4. The molecule has 1 aliphatic rings. The second-order valence-electron chi connectivity index (χ2n) is 7.78. The van der Waals surface area contributed by atoms with Crippen LogP contribution in [0.3, 0.4) is 0 Å². The molecule has 0 aliphatic carbocycles. The van der Waals surface area contributed by atoms with Crippen LogP contribution in [0.15, 0.2) is 41.3 Å². The highest BCUT2D eigenvalue weighted by Gasteiger charge is 2.40. The number of nitrogens with one attached hydrogen (secondary N) is 1. The number of carbonyl (C=O) groups is 1. The highest BCUT2D eigenvalue weighted by molar-refractivity contribution is 7.89. The Labute approximate surface area is 172 Å². The second-order valence-corrected chi connectivity index (χ2v) is 9.61. The highest BCUT2D eigenvalue weighted by Crippen LogP contribution is 2.31. The third-order valence-corrected chi connectivity index (χ3v) is 7.62. The van der Waals surface area contributed by atoms with Crippen LogP contribution in [0.4, 0.5) is 4.39 Å². The van der Waals surface area contributed by atoms with Crippen LogP contribution >= 0.6 is 0 Å². The van der Waals surface area contributed by atoms with Crippen LogP contribution in [0.1, 0.15) is 48.1 Å². The molecule has 156 valence electrons. The fraction of sp³-hybridized carbons (Fsp3) is 0.409. The van der Waals surface area contributed by atoms with E-state index in [4.69, 9.17) is 0 Å². The van der Waals surface area contributed by atoms with Crippen molar-refractivity contribution in [2.24, 2.45) is 0 Å². The molecule has 0 aromatic heterocycles. The summed E-state index contributed by atoms with van der Waals surface area (Å²) < 4.78 is 41.3. The van der Waals surface area contributed by atoms with Gasteiger partial charge in [-0.3, -0.25) is 4.79 Å². The van der Waals surface area contributed by atoms with Gasteiger partial charge in [0.05, 0.1) is 10.9 Å². The van der Waals surface area contributed by atoms with Gasteiger partial charge in [0.15, 0.2) is 0 Å². The van der Waals surface area contributed by atoms with Crippen LogP contribution in [-0.4, -0.2) is 31.2 Å². The van der Waals surface area contributed by atoms with E-state index >= 15 is 0 Å². The van der Waals surface area contributed by atoms with Crippen molar-refractivity contribution in [3.8, 4) is 0 Å². The molecule has 1 N–H and O–H groups in total. The van der Waals surface area contributed by atoms with Crippen molar-refractivity contribution in [2.75, 3.05) is 6.54 Å². The quantitative estimate of drug-likeness (QED) is 0.804. The molecule has 1 amide bonds. The lowest BCUT2D eigenvalue weighted by atomic mass is 10.1. The average molecular weight is 419 g/mol. The Morgan fingerprint density at radius 2 is 1.72 bits per heavy atom. The maximum absolute atomic E-state index is 13.4. The first kappa shape index (κ1) is 21.5. The molecule has 2 aromatic rings. The van der Waals surface area contributed by atoms with Crippen LogP contribution in [0, 0.1) is 26.6 Å². The summed E-state index contributed by atoms with van der Waals surface area (Å²) in [6.07, 6.45) is 1.11. The molecule has 2 aromatic carbocycles. The first-order valence-corrected chi connectivity index (χ1v) is 11.2. The predicted octanol–water partition coefficient (Wildman–Crippen LogP) is 3.78. The molecule has 0 radical (unpaired) electrons. The zero-order valence-electron chi connectivity index (χ0n) is 17.2.